The van der Waals surface area contributed by atoms with Crippen LogP contribution >= 0.6 is 15.9 Å². The molecule has 110 valence electrons. The molecule has 0 fully saturated rings. The second-order valence-corrected chi connectivity index (χ2v) is 5.45. The molecule has 0 saturated heterocycles. The SMILES string of the molecule is O=[N+]([O-])c1ccc(NCCNCc2cccc(Br)c2)cc1. The molecule has 0 amide bonds. The molecule has 0 saturated carbocycles. The summed E-state index contributed by atoms with van der Waals surface area (Å²) in [6, 6.07) is 14.6. The lowest BCUT2D eigenvalue weighted by Gasteiger charge is -2.08. The van der Waals surface area contributed by atoms with E-state index in [0.717, 1.165) is 29.8 Å². The zero-order valence-electron chi connectivity index (χ0n) is 11.4. The van der Waals surface area contributed by atoms with E-state index in [4.69, 9.17) is 0 Å². The Bertz CT molecular complexity index is 602. The van der Waals surface area contributed by atoms with Crippen molar-refractivity contribution in [1.82, 2.24) is 5.32 Å². The summed E-state index contributed by atoms with van der Waals surface area (Å²) in [6.45, 7) is 2.37. The fourth-order valence-corrected chi connectivity index (χ4v) is 2.32. The van der Waals surface area contributed by atoms with Gasteiger partial charge in [-0.05, 0) is 29.8 Å². The molecule has 0 unspecified atom stereocenters. The van der Waals surface area contributed by atoms with Crippen LogP contribution in [-0.2, 0) is 6.54 Å². The Morgan fingerprint density at radius 2 is 1.86 bits per heavy atom. The molecule has 0 heterocycles. The molecule has 2 N–H and O–H groups in total. The highest BCUT2D eigenvalue weighted by molar-refractivity contribution is 9.10. The van der Waals surface area contributed by atoms with Gasteiger partial charge in [0, 0.05) is 41.9 Å². The Balaban J connectivity index is 1.69. The molecule has 0 aliphatic rings. The van der Waals surface area contributed by atoms with Gasteiger partial charge in [0.25, 0.3) is 5.69 Å². The lowest BCUT2D eigenvalue weighted by atomic mass is 10.2. The fraction of sp³-hybridized carbons (Fsp3) is 0.200. The lowest BCUT2D eigenvalue weighted by molar-refractivity contribution is -0.384. The van der Waals surface area contributed by atoms with Crippen LogP contribution in [0.4, 0.5) is 11.4 Å². The molecule has 0 spiro atoms. The lowest BCUT2D eigenvalue weighted by Crippen LogP contribution is -2.21. The number of halogens is 1. The average Bonchev–Trinajstić information content (AvgIpc) is 2.47. The van der Waals surface area contributed by atoms with Crippen molar-refractivity contribution < 1.29 is 4.92 Å². The van der Waals surface area contributed by atoms with Crippen LogP contribution in [0.5, 0.6) is 0 Å². The highest BCUT2D eigenvalue weighted by atomic mass is 79.9. The molecular formula is C15H16BrN3O2. The molecular weight excluding hydrogens is 334 g/mol. The van der Waals surface area contributed by atoms with E-state index in [1.807, 2.05) is 12.1 Å². The number of benzene rings is 2. The molecule has 2 rings (SSSR count). The highest BCUT2D eigenvalue weighted by Gasteiger charge is 2.03. The first-order valence-electron chi connectivity index (χ1n) is 6.58. The van der Waals surface area contributed by atoms with Crippen molar-refractivity contribution in [1.29, 1.82) is 0 Å². The molecule has 0 aliphatic heterocycles. The van der Waals surface area contributed by atoms with Crippen molar-refractivity contribution in [3.8, 4) is 0 Å². The van der Waals surface area contributed by atoms with Gasteiger partial charge in [0.05, 0.1) is 4.92 Å². The summed E-state index contributed by atoms with van der Waals surface area (Å²) in [5, 5.41) is 17.1. The van der Waals surface area contributed by atoms with Gasteiger partial charge in [0.2, 0.25) is 0 Å². The normalized spacial score (nSPS) is 10.3. The van der Waals surface area contributed by atoms with Crippen LogP contribution in [0.3, 0.4) is 0 Å². The van der Waals surface area contributed by atoms with Gasteiger partial charge in [-0.2, -0.15) is 0 Å². The average molecular weight is 350 g/mol. The van der Waals surface area contributed by atoms with Gasteiger partial charge in [-0.1, -0.05) is 28.1 Å². The summed E-state index contributed by atoms with van der Waals surface area (Å²) >= 11 is 3.44. The summed E-state index contributed by atoms with van der Waals surface area (Å²) in [4.78, 5) is 10.1. The third kappa shape index (κ3) is 5.17. The van der Waals surface area contributed by atoms with Crippen LogP contribution in [0.25, 0.3) is 0 Å². The van der Waals surface area contributed by atoms with Gasteiger partial charge in [-0.3, -0.25) is 10.1 Å². The van der Waals surface area contributed by atoms with Crippen LogP contribution in [0.1, 0.15) is 5.56 Å². The van der Waals surface area contributed by atoms with E-state index >= 15 is 0 Å². The third-order valence-electron chi connectivity index (χ3n) is 2.93. The fourth-order valence-electron chi connectivity index (χ4n) is 1.88. The summed E-state index contributed by atoms with van der Waals surface area (Å²) in [5.74, 6) is 0. The van der Waals surface area contributed by atoms with E-state index in [-0.39, 0.29) is 5.69 Å². The van der Waals surface area contributed by atoms with Crippen molar-refractivity contribution in [2.24, 2.45) is 0 Å². The number of non-ortho nitro benzene ring substituents is 1. The van der Waals surface area contributed by atoms with E-state index in [2.05, 4.69) is 38.7 Å². The Hall–Kier alpha value is -1.92. The standard InChI is InChI=1S/C15H16BrN3O2/c16-13-3-1-2-12(10-13)11-17-8-9-18-14-4-6-15(7-5-14)19(20)21/h1-7,10,17-18H,8-9,11H2. The number of nitrogens with one attached hydrogen (secondary N) is 2. The Morgan fingerprint density at radius 1 is 1.10 bits per heavy atom. The molecule has 2 aromatic carbocycles. The number of hydrogen-bond acceptors (Lipinski definition) is 4. The van der Waals surface area contributed by atoms with Gasteiger partial charge in [0.15, 0.2) is 0 Å². The van der Waals surface area contributed by atoms with Gasteiger partial charge in [-0.25, -0.2) is 0 Å². The molecule has 21 heavy (non-hydrogen) atoms. The van der Waals surface area contributed by atoms with Crippen molar-refractivity contribution in [3.63, 3.8) is 0 Å². The highest BCUT2D eigenvalue weighted by Crippen LogP contribution is 2.15. The number of nitrogens with zero attached hydrogens (tertiary/aromatic N) is 1. The minimum absolute atomic E-state index is 0.105. The maximum Gasteiger partial charge on any atom is 0.269 e. The van der Waals surface area contributed by atoms with E-state index in [9.17, 15) is 10.1 Å². The molecule has 6 heteroatoms. The smallest absolute Gasteiger partial charge is 0.269 e. The number of nitro groups is 1. The Labute approximate surface area is 131 Å². The predicted molar refractivity (Wildman–Crippen MR) is 87.4 cm³/mol. The van der Waals surface area contributed by atoms with Crippen LogP contribution in [0.2, 0.25) is 0 Å². The van der Waals surface area contributed by atoms with Gasteiger partial charge in [-0.15, -0.1) is 0 Å². The molecule has 0 radical (unpaired) electrons. The zero-order chi connectivity index (χ0) is 15.1. The van der Waals surface area contributed by atoms with Crippen molar-refractivity contribution in [2.45, 2.75) is 6.54 Å². The van der Waals surface area contributed by atoms with Crippen molar-refractivity contribution in [2.75, 3.05) is 18.4 Å². The van der Waals surface area contributed by atoms with Gasteiger partial charge < -0.3 is 10.6 Å². The van der Waals surface area contributed by atoms with E-state index in [0.29, 0.717) is 0 Å². The molecule has 5 nitrogen and oxygen atoms in total. The van der Waals surface area contributed by atoms with Crippen molar-refractivity contribution in [3.05, 3.63) is 68.7 Å². The van der Waals surface area contributed by atoms with Gasteiger partial charge in [0.1, 0.15) is 0 Å². The predicted octanol–water partition coefficient (Wildman–Crippen LogP) is 3.56. The third-order valence-corrected chi connectivity index (χ3v) is 3.42. The summed E-state index contributed by atoms with van der Waals surface area (Å²) in [6.07, 6.45) is 0. The van der Waals surface area contributed by atoms with Crippen LogP contribution < -0.4 is 10.6 Å². The molecule has 0 aliphatic carbocycles. The summed E-state index contributed by atoms with van der Waals surface area (Å²) in [7, 11) is 0. The van der Waals surface area contributed by atoms with Crippen LogP contribution in [0, 0.1) is 10.1 Å². The minimum atomic E-state index is -0.399. The number of rotatable bonds is 7. The topological polar surface area (TPSA) is 67.2 Å². The van der Waals surface area contributed by atoms with E-state index in [1.54, 1.807) is 12.1 Å². The Kier molecular flexibility index (Phi) is 5.71. The monoisotopic (exact) mass is 349 g/mol. The number of hydrogen-bond donors (Lipinski definition) is 2. The molecule has 0 aromatic heterocycles. The largest absolute Gasteiger partial charge is 0.384 e. The zero-order valence-corrected chi connectivity index (χ0v) is 13.0. The number of anilines is 1. The minimum Gasteiger partial charge on any atom is -0.384 e. The maximum absolute atomic E-state index is 10.5. The Morgan fingerprint density at radius 3 is 2.52 bits per heavy atom. The summed E-state index contributed by atoms with van der Waals surface area (Å²) in [5.41, 5.74) is 2.21. The van der Waals surface area contributed by atoms with E-state index in [1.165, 1.54) is 17.7 Å². The summed E-state index contributed by atoms with van der Waals surface area (Å²) < 4.78 is 1.07. The first-order chi connectivity index (χ1) is 10.1. The van der Waals surface area contributed by atoms with Crippen LogP contribution in [0.15, 0.2) is 53.0 Å². The van der Waals surface area contributed by atoms with Crippen molar-refractivity contribution >= 4 is 27.3 Å². The molecule has 0 bridgehead atoms. The first-order valence-corrected chi connectivity index (χ1v) is 7.38. The molecule has 2 aromatic rings. The first kappa shape index (κ1) is 15.5. The maximum atomic E-state index is 10.5. The second kappa shape index (κ2) is 7.75. The number of nitro benzene ring substituents is 1. The molecule has 0 atom stereocenters. The van der Waals surface area contributed by atoms with Crippen LogP contribution in [-0.4, -0.2) is 18.0 Å². The van der Waals surface area contributed by atoms with Gasteiger partial charge >= 0.3 is 0 Å². The quantitative estimate of drug-likeness (QED) is 0.455. The van der Waals surface area contributed by atoms with E-state index < -0.39 is 4.92 Å². The second-order valence-electron chi connectivity index (χ2n) is 4.54.